The standard InChI is InChI=1S/C13H17N3O2/c14-6-3-7-15-13(18)10-8-12(17)16-11-5-2-1-4-9(10)11/h1-2,4-5,10H,3,6-8,14H2,(H,15,18)(H,16,17). The lowest BCUT2D eigenvalue weighted by molar-refractivity contribution is -0.126. The van der Waals surface area contributed by atoms with Gasteiger partial charge in [0.05, 0.1) is 5.92 Å². The highest BCUT2D eigenvalue weighted by Gasteiger charge is 2.29. The van der Waals surface area contributed by atoms with E-state index in [9.17, 15) is 9.59 Å². The molecule has 0 aliphatic carbocycles. The lowest BCUT2D eigenvalue weighted by Crippen LogP contribution is -2.35. The summed E-state index contributed by atoms with van der Waals surface area (Å²) in [5, 5.41) is 5.59. The van der Waals surface area contributed by atoms with Crippen molar-refractivity contribution in [2.75, 3.05) is 18.4 Å². The second kappa shape index (κ2) is 5.64. The maximum absolute atomic E-state index is 12.0. The largest absolute Gasteiger partial charge is 0.356 e. The molecule has 0 bridgehead atoms. The van der Waals surface area contributed by atoms with Crippen LogP contribution >= 0.6 is 0 Å². The number of hydrogen-bond donors (Lipinski definition) is 3. The Morgan fingerprint density at radius 1 is 1.44 bits per heavy atom. The van der Waals surface area contributed by atoms with Crippen molar-refractivity contribution in [3.63, 3.8) is 0 Å². The zero-order valence-electron chi connectivity index (χ0n) is 10.1. The van der Waals surface area contributed by atoms with Crippen LogP contribution < -0.4 is 16.4 Å². The van der Waals surface area contributed by atoms with Gasteiger partial charge in [0, 0.05) is 18.7 Å². The molecule has 1 unspecified atom stereocenters. The maximum atomic E-state index is 12.0. The van der Waals surface area contributed by atoms with Gasteiger partial charge >= 0.3 is 0 Å². The van der Waals surface area contributed by atoms with Crippen LogP contribution in [0.3, 0.4) is 0 Å². The normalized spacial score (nSPS) is 17.8. The molecule has 1 aliphatic rings. The van der Waals surface area contributed by atoms with Crippen LogP contribution in [0.1, 0.15) is 24.3 Å². The van der Waals surface area contributed by atoms with Crippen molar-refractivity contribution < 1.29 is 9.59 Å². The Morgan fingerprint density at radius 2 is 2.22 bits per heavy atom. The number of rotatable bonds is 4. The van der Waals surface area contributed by atoms with E-state index in [-0.39, 0.29) is 18.2 Å². The van der Waals surface area contributed by atoms with Crippen molar-refractivity contribution in [3.05, 3.63) is 29.8 Å². The summed E-state index contributed by atoms with van der Waals surface area (Å²) < 4.78 is 0. The van der Waals surface area contributed by atoms with Crippen molar-refractivity contribution in [1.29, 1.82) is 0 Å². The van der Waals surface area contributed by atoms with Crippen LogP contribution in [-0.2, 0) is 9.59 Å². The summed E-state index contributed by atoms with van der Waals surface area (Å²) in [6, 6.07) is 7.40. The molecule has 96 valence electrons. The topological polar surface area (TPSA) is 84.2 Å². The summed E-state index contributed by atoms with van der Waals surface area (Å²) >= 11 is 0. The molecule has 0 spiro atoms. The molecule has 18 heavy (non-hydrogen) atoms. The van der Waals surface area contributed by atoms with Gasteiger partial charge in [0.1, 0.15) is 0 Å². The molecule has 0 saturated carbocycles. The third-order valence-corrected chi connectivity index (χ3v) is 3.00. The molecule has 4 N–H and O–H groups in total. The Labute approximate surface area is 106 Å². The minimum Gasteiger partial charge on any atom is -0.356 e. The fourth-order valence-corrected chi connectivity index (χ4v) is 2.08. The van der Waals surface area contributed by atoms with E-state index in [1.807, 2.05) is 24.3 Å². The summed E-state index contributed by atoms with van der Waals surface area (Å²) in [4.78, 5) is 23.6. The second-order valence-corrected chi connectivity index (χ2v) is 4.33. The number of para-hydroxylation sites is 1. The number of benzene rings is 1. The van der Waals surface area contributed by atoms with Crippen LogP contribution in [0.4, 0.5) is 5.69 Å². The molecule has 0 fully saturated rings. The van der Waals surface area contributed by atoms with E-state index in [1.165, 1.54) is 0 Å². The molecule has 1 atom stereocenters. The van der Waals surface area contributed by atoms with Crippen LogP contribution in [0.15, 0.2) is 24.3 Å². The van der Waals surface area contributed by atoms with Gasteiger partial charge in [-0.1, -0.05) is 18.2 Å². The molecule has 1 aromatic rings. The van der Waals surface area contributed by atoms with Gasteiger partial charge in [-0.05, 0) is 24.6 Å². The molecule has 0 saturated heterocycles. The second-order valence-electron chi connectivity index (χ2n) is 4.33. The van der Waals surface area contributed by atoms with Gasteiger partial charge in [0.2, 0.25) is 11.8 Å². The first-order valence-electron chi connectivity index (χ1n) is 6.09. The maximum Gasteiger partial charge on any atom is 0.228 e. The van der Waals surface area contributed by atoms with Crippen molar-refractivity contribution >= 4 is 17.5 Å². The van der Waals surface area contributed by atoms with Crippen LogP contribution in [0.2, 0.25) is 0 Å². The number of carbonyl (C=O) groups excluding carboxylic acids is 2. The Balaban J connectivity index is 2.13. The van der Waals surface area contributed by atoms with Gasteiger partial charge in [0.15, 0.2) is 0 Å². The number of anilines is 1. The molecule has 0 aromatic heterocycles. The van der Waals surface area contributed by atoms with Crippen molar-refractivity contribution in [2.45, 2.75) is 18.8 Å². The van der Waals surface area contributed by atoms with Crippen LogP contribution in [0.5, 0.6) is 0 Å². The average molecular weight is 247 g/mol. The van der Waals surface area contributed by atoms with E-state index in [0.717, 1.165) is 17.7 Å². The highest BCUT2D eigenvalue weighted by atomic mass is 16.2. The van der Waals surface area contributed by atoms with Crippen LogP contribution in [0.25, 0.3) is 0 Å². The molecular weight excluding hydrogens is 230 g/mol. The van der Waals surface area contributed by atoms with Gasteiger partial charge in [-0.15, -0.1) is 0 Å². The van der Waals surface area contributed by atoms with Crippen LogP contribution in [0, 0.1) is 0 Å². The molecule has 1 heterocycles. The van der Waals surface area contributed by atoms with Crippen LogP contribution in [-0.4, -0.2) is 24.9 Å². The Hall–Kier alpha value is -1.88. The highest BCUT2D eigenvalue weighted by molar-refractivity contribution is 6.01. The molecule has 0 radical (unpaired) electrons. The predicted molar refractivity (Wildman–Crippen MR) is 69.1 cm³/mol. The third-order valence-electron chi connectivity index (χ3n) is 3.00. The fourth-order valence-electron chi connectivity index (χ4n) is 2.08. The summed E-state index contributed by atoms with van der Waals surface area (Å²) in [5.74, 6) is -0.619. The number of hydrogen-bond acceptors (Lipinski definition) is 3. The predicted octanol–water partition coefficient (Wildman–Crippen LogP) is 0.577. The molecule has 5 nitrogen and oxygen atoms in total. The van der Waals surface area contributed by atoms with E-state index in [2.05, 4.69) is 10.6 Å². The number of nitrogens with two attached hydrogens (primary N) is 1. The quantitative estimate of drug-likeness (QED) is 0.680. The van der Waals surface area contributed by atoms with Gasteiger partial charge < -0.3 is 16.4 Å². The summed E-state index contributed by atoms with van der Waals surface area (Å²) in [6.07, 6.45) is 0.942. The number of nitrogens with one attached hydrogen (secondary N) is 2. The molecular formula is C13H17N3O2. The summed E-state index contributed by atoms with van der Waals surface area (Å²) in [5.41, 5.74) is 6.98. The number of carbonyl (C=O) groups is 2. The van der Waals surface area contributed by atoms with E-state index in [4.69, 9.17) is 5.73 Å². The highest BCUT2D eigenvalue weighted by Crippen LogP contribution is 2.31. The Bertz CT molecular complexity index is 459. The van der Waals surface area contributed by atoms with Gasteiger partial charge in [0.25, 0.3) is 0 Å². The summed E-state index contributed by atoms with van der Waals surface area (Å²) in [6.45, 7) is 1.09. The first-order chi connectivity index (χ1) is 8.72. The first-order valence-corrected chi connectivity index (χ1v) is 6.09. The first kappa shape index (κ1) is 12.6. The monoisotopic (exact) mass is 247 g/mol. The smallest absolute Gasteiger partial charge is 0.228 e. The van der Waals surface area contributed by atoms with E-state index < -0.39 is 5.92 Å². The van der Waals surface area contributed by atoms with Crippen molar-refractivity contribution in [3.8, 4) is 0 Å². The van der Waals surface area contributed by atoms with Crippen molar-refractivity contribution in [1.82, 2.24) is 5.32 Å². The minimum atomic E-state index is -0.396. The minimum absolute atomic E-state index is 0.106. The molecule has 1 aromatic carbocycles. The third kappa shape index (κ3) is 2.68. The Morgan fingerprint density at radius 3 is 3.00 bits per heavy atom. The van der Waals surface area contributed by atoms with E-state index in [1.54, 1.807) is 0 Å². The molecule has 5 heteroatoms. The molecule has 2 rings (SSSR count). The SMILES string of the molecule is NCCCNC(=O)C1CC(=O)Nc2ccccc21. The number of amides is 2. The number of fused-ring (bicyclic) bond motifs is 1. The average Bonchev–Trinajstić information content (AvgIpc) is 2.38. The summed E-state index contributed by atoms with van der Waals surface area (Å²) in [7, 11) is 0. The lowest BCUT2D eigenvalue weighted by atomic mass is 9.90. The molecule has 2 amide bonds. The molecule has 1 aliphatic heterocycles. The lowest BCUT2D eigenvalue weighted by Gasteiger charge is -2.24. The van der Waals surface area contributed by atoms with E-state index in [0.29, 0.717) is 13.1 Å². The van der Waals surface area contributed by atoms with Crippen molar-refractivity contribution in [2.24, 2.45) is 5.73 Å². The zero-order chi connectivity index (χ0) is 13.0. The zero-order valence-corrected chi connectivity index (χ0v) is 10.1. The fraction of sp³-hybridized carbons (Fsp3) is 0.385. The van der Waals surface area contributed by atoms with Gasteiger partial charge in [-0.3, -0.25) is 9.59 Å². The van der Waals surface area contributed by atoms with Gasteiger partial charge in [-0.25, -0.2) is 0 Å². The Kier molecular flexibility index (Phi) is 3.94. The van der Waals surface area contributed by atoms with Gasteiger partial charge in [-0.2, -0.15) is 0 Å². The van der Waals surface area contributed by atoms with E-state index >= 15 is 0 Å².